The molecule has 72 valence electrons. The van der Waals surface area contributed by atoms with Crippen molar-refractivity contribution in [2.45, 2.75) is 0 Å². The summed E-state index contributed by atoms with van der Waals surface area (Å²) in [6.45, 7) is -3.81. The highest BCUT2D eigenvalue weighted by Crippen LogP contribution is 2.46. The highest BCUT2D eigenvalue weighted by Gasteiger charge is 2.12. The summed E-state index contributed by atoms with van der Waals surface area (Å²) in [4.78, 5) is 19.0. The molecule has 0 radical (unpaired) electrons. The van der Waals surface area contributed by atoms with Crippen LogP contribution in [0.3, 0.4) is 0 Å². The van der Waals surface area contributed by atoms with E-state index in [0.29, 0.717) is 4.43 Å². The lowest BCUT2D eigenvalue weighted by Crippen LogP contribution is -2.27. The van der Waals surface area contributed by atoms with E-state index in [1.807, 2.05) is 22.6 Å². The molecule has 0 aromatic rings. The fourth-order valence-electron chi connectivity index (χ4n) is 0.396. The summed E-state index contributed by atoms with van der Waals surface area (Å²) < 4.78 is 14.9. The van der Waals surface area contributed by atoms with Gasteiger partial charge < -0.3 is 10.2 Å². The van der Waals surface area contributed by atoms with Gasteiger partial charge in [-0.15, -0.1) is 0 Å². The van der Waals surface area contributed by atoms with Gasteiger partial charge in [-0.2, -0.15) is 0 Å². The lowest BCUT2D eigenvalue weighted by atomic mass is 10.6. The number of carbonyl (C=O) groups is 1. The summed E-state index contributed by atoms with van der Waals surface area (Å²) in [6, 6.07) is 0. The third-order valence-electron chi connectivity index (χ3n) is 0.796. The highest BCUT2D eigenvalue weighted by atomic mass is 127. The maximum Gasteiger partial charge on any atom is 0.421 e. The maximum atomic E-state index is 10.6. The van der Waals surface area contributed by atoms with Crippen molar-refractivity contribution >= 4 is 46.7 Å². The molecule has 0 heterocycles. The molecule has 2 N–H and O–H groups in total. The zero-order valence-corrected chi connectivity index (χ0v) is 9.80. The lowest BCUT2D eigenvalue weighted by molar-refractivity contribution is -0.118. The second-order valence-corrected chi connectivity index (χ2v) is 4.97. The van der Waals surface area contributed by atoms with Crippen LogP contribution < -0.4 is 5.32 Å². The number of hydrogen-bond donors (Lipinski definition) is 2. The van der Waals surface area contributed by atoms with Gasteiger partial charge in [0.2, 0.25) is 5.91 Å². The number of hydrogen-bond acceptors (Lipinski definition) is 3. The van der Waals surface area contributed by atoms with Crippen LogP contribution in [0.1, 0.15) is 0 Å². The predicted molar refractivity (Wildman–Crippen MR) is 53.5 cm³/mol. The molecule has 5 nitrogen and oxygen atoms in total. The molecule has 0 aromatic heterocycles. The Hall–Kier alpha value is 0.640. The number of carbonyl (C=O) groups excluding carboxylic acids is 1. The monoisotopic (exact) mass is 327 g/mol. The smallest absolute Gasteiger partial charge is 0.353 e. The Kier molecular flexibility index (Phi) is 6.48. The first-order valence-corrected chi connectivity index (χ1v) is 6.96. The summed E-state index contributed by atoms with van der Waals surface area (Å²) >= 11 is 6.76. The molecule has 0 saturated carbocycles. The first-order valence-electron chi connectivity index (χ1n) is 2.95. The molecule has 0 rings (SSSR count). The molecule has 0 spiro atoms. The molecule has 0 bridgehead atoms. The zero-order chi connectivity index (χ0) is 9.61. The summed E-state index contributed by atoms with van der Waals surface area (Å²) in [5.74, 6) is -0.151. The summed E-state index contributed by atoms with van der Waals surface area (Å²) in [5.41, 5.74) is 0. The van der Waals surface area contributed by atoms with Gasteiger partial charge in [0, 0.05) is 17.8 Å². The van der Waals surface area contributed by atoms with E-state index in [2.05, 4.69) is 9.84 Å². The Bertz CT molecular complexity index is 195. The molecule has 0 aromatic carbocycles. The van der Waals surface area contributed by atoms with Gasteiger partial charge in [-0.3, -0.25) is 9.32 Å². The Morgan fingerprint density at radius 1 is 1.75 bits per heavy atom. The van der Waals surface area contributed by atoms with Crippen LogP contribution in [0, 0.1) is 0 Å². The van der Waals surface area contributed by atoms with Gasteiger partial charge in [0.15, 0.2) is 0 Å². The minimum Gasteiger partial charge on any atom is -0.353 e. The van der Waals surface area contributed by atoms with E-state index >= 15 is 0 Å². The highest BCUT2D eigenvalue weighted by molar-refractivity contribution is 14.1. The first-order chi connectivity index (χ1) is 5.45. The van der Waals surface area contributed by atoms with Crippen LogP contribution in [0.25, 0.3) is 0 Å². The molecule has 12 heavy (non-hydrogen) atoms. The third kappa shape index (κ3) is 8.73. The van der Waals surface area contributed by atoms with Crippen molar-refractivity contribution < 1.29 is 18.8 Å². The Labute approximate surface area is 88.3 Å². The van der Waals surface area contributed by atoms with Gasteiger partial charge in [-0.25, -0.2) is 4.57 Å². The van der Waals surface area contributed by atoms with E-state index in [0.717, 1.165) is 0 Å². The largest absolute Gasteiger partial charge is 0.421 e. The van der Waals surface area contributed by atoms with Gasteiger partial charge in [0.1, 0.15) is 0 Å². The Morgan fingerprint density at radius 3 is 2.75 bits per heavy atom. The van der Waals surface area contributed by atoms with Crippen LogP contribution in [0.4, 0.5) is 0 Å². The lowest BCUT2D eigenvalue weighted by Gasteiger charge is -2.04. The van der Waals surface area contributed by atoms with Crippen molar-refractivity contribution in [3.63, 3.8) is 0 Å². The molecule has 0 aliphatic heterocycles. The van der Waals surface area contributed by atoms with Crippen LogP contribution in [0.15, 0.2) is 0 Å². The number of halogens is 2. The van der Waals surface area contributed by atoms with Gasteiger partial charge in [-0.05, 0) is 0 Å². The van der Waals surface area contributed by atoms with Crippen LogP contribution >= 0.6 is 40.8 Å². The van der Waals surface area contributed by atoms with E-state index in [1.165, 1.54) is 0 Å². The van der Waals surface area contributed by atoms with E-state index in [9.17, 15) is 9.36 Å². The van der Waals surface area contributed by atoms with Crippen molar-refractivity contribution in [1.29, 1.82) is 0 Å². The van der Waals surface area contributed by atoms with Crippen LogP contribution in [-0.4, -0.2) is 28.4 Å². The molecule has 1 unspecified atom stereocenters. The quantitative estimate of drug-likeness (QED) is 0.340. The molecule has 1 atom stereocenters. The third-order valence-corrected chi connectivity index (χ3v) is 2.28. The zero-order valence-electron chi connectivity index (χ0n) is 6.00. The molecular formula is C4H8ClINO4P. The second kappa shape index (κ2) is 6.15. The van der Waals surface area contributed by atoms with Crippen LogP contribution in [-0.2, 0) is 13.9 Å². The fraction of sp³-hybridized carbons (Fsp3) is 0.750. The molecule has 0 fully saturated rings. The molecule has 0 saturated heterocycles. The van der Waals surface area contributed by atoms with Gasteiger partial charge in [0.25, 0.3) is 0 Å². The summed E-state index contributed by atoms with van der Waals surface area (Å²) in [6.07, 6.45) is 0. The van der Waals surface area contributed by atoms with Crippen molar-refractivity contribution in [1.82, 2.24) is 5.32 Å². The van der Waals surface area contributed by atoms with Crippen molar-refractivity contribution in [2.24, 2.45) is 0 Å². The minimum atomic E-state index is -3.92. The van der Waals surface area contributed by atoms with E-state index in [-0.39, 0.29) is 19.1 Å². The second-order valence-electron chi connectivity index (χ2n) is 1.77. The number of rotatable bonds is 5. The first kappa shape index (κ1) is 12.6. The minimum absolute atomic E-state index is 0.0698. The molecular weight excluding hydrogens is 319 g/mol. The standard InChI is InChI=1S/C4H8ClINO4P/c5-12(9,10)11-2-1-7-4(8)3-6/h1-3H2,(H,7,8)(H,9,10). The van der Waals surface area contributed by atoms with E-state index < -0.39 is 6.95 Å². The Balaban J connectivity index is 3.34. The Morgan fingerprint density at radius 2 is 2.33 bits per heavy atom. The topological polar surface area (TPSA) is 75.6 Å². The number of nitrogens with one attached hydrogen (secondary N) is 1. The van der Waals surface area contributed by atoms with Crippen LogP contribution in [0.5, 0.6) is 0 Å². The number of amides is 1. The average Bonchev–Trinajstić information content (AvgIpc) is 1.96. The fourth-order valence-corrected chi connectivity index (χ4v) is 1.19. The van der Waals surface area contributed by atoms with Crippen molar-refractivity contribution in [2.75, 3.05) is 17.6 Å². The SMILES string of the molecule is O=C(CI)NCCOP(=O)(O)Cl. The van der Waals surface area contributed by atoms with Gasteiger partial charge >= 0.3 is 6.95 Å². The normalized spacial score (nSPS) is 15.2. The average molecular weight is 327 g/mol. The summed E-state index contributed by atoms with van der Waals surface area (Å²) in [5, 5.41) is 2.44. The number of alkyl halides is 1. The predicted octanol–water partition coefficient (Wildman–Crippen LogP) is 0.893. The molecule has 0 aliphatic carbocycles. The summed E-state index contributed by atoms with van der Waals surface area (Å²) in [7, 11) is 0. The van der Waals surface area contributed by atoms with Gasteiger partial charge in [-0.1, -0.05) is 22.6 Å². The maximum absolute atomic E-state index is 10.6. The van der Waals surface area contributed by atoms with Crippen molar-refractivity contribution in [3.8, 4) is 0 Å². The van der Waals surface area contributed by atoms with Gasteiger partial charge in [0.05, 0.1) is 11.0 Å². The van der Waals surface area contributed by atoms with E-state index in [1.54, 1.807) is 0 Å². The molecule has 0 aliphatic rings. The molecule has 8 heteroatoms. The van der Waals surface area contributed by atoms with Crippen LogP contribution in [0.2, 0.25) is 0 Å². The molecule has 1 amide bonds. The van der Waals surface area contributed by atoms with E-state index in [4.69, 9.17) is 16.1 Å². The van der Waals surface area contributed by atoms with Crippen molar-refractivity contribution in [3.05, 3.63) is 0 Å².